The highest BCUT2D eigenvalue weighted by Crippen LogP contribution is 2.24. The number of anilines is 1. The number of carbonyl (C=O) groups excluding carboxylic acids is 1. The molecule has 0 spiro atoms. The van der Waals surface area contributed by atoms with Crippen molar-refractivity contribution in [3.05, 3.63) is 59.9 Å². The van der Waals surface area contributed by atoms with E-state index in [1.165, 1.54) is 18.5 Å². The molecule has 0 bridgehead atoms. The van der Waals surface area contributed by atoms with Crippen molar-refractivity contribution >= 4 is 11.7 Å². The molecule has 1 aromatic carbocycles. The quantitative estimate of drug-likeness (QED) is 0.872. The number of benzene rings is 1. The second-order valence-electron chi connectivity index (χ2n) is 6.63. The number of carbonyl (C=O) groups is 1. The zero-order chi connectivity index (χ0) is 17.6. The Hall–Kier alpha value is -2.56. The minimum absolute atomic E-state index is 0.0489. The van der Waals surface area contributed by atoms with Gasteiger partial charge in [-0.3, -0.25) is 4.98 Å². The van der Waals surface area contributed by atoms with Crippen molar-refractivity contribution in [2.24, 2.45) is 0 Å². The fraction of sp³-hybridized carbons (Fsp3) is 0.400. The van der Waals surface area contributed by atoms with Crippen LogP contribution in [0.1, 0.15) is 49.9 Å². The van der Waals surface area contributed by atoms with Gasteiger partial charge in [0.2, 0.25) is 0 Å². The van der Waals surface area contributed by atoms with Crippen LogP contribution in [0, 0.1) is 0 Å². The van der Waals surface area contributed by atoms with Crippen molar-refractivity contribution in [3.8, 4) is 0 Å². The number of hydrogen-bond donors (Lipinski definition) is 2. The van der Waals surface area contributed by atoms with Crippen molar-refractivity contribution in [3.63, 3.8) is 0 Å². The Morgan fingerprint density at radius 1 is 1.00 bits per heavy atom. The van der Waals surface area contributed by atoms with Crippen LogP contribution in [0.2, 0.25) is 0 Å². The number of urea groups is 1. The lowest BCUT2D eigenvalue weighted by atomic mass is 10.1. The van der Waals surface area contributed by atoms with E-state index in [9.17, 15) is 4.79 Å². The standard InChI is InChI=1S/C20H26N4O/c1-15(17-8-10-21-11-9-17)22-20(25)23-16(2)18-6-5-7-19(14-18)24-12-3-4-13-24/h5-11,14-16H,3-4,12-13H2,1-2H3,(H2,22,23,25). The number of amides is 2. The molecule has 2 aromatic rings. The summed E-state index contributed by atoms with van der Waals surface area (Å²) in [6, 6.07) is 12.0. The van der Waals surface area contributed by atoms with E-state index >= 15 is 0 Å². The van der Waals surface area contributed by atoms with E-state index in [0.717, 1.165) is 24.2 Å². The number of hydrogen-bond acceptors (Lipinski definition) is 3. The topological polar surface area (TPSA) is 57.3 Å². The maximum absolute atomic E-state index is 12.3. The number of pyridine rings is 1. The summed E-state index contributed by atoms with van der Waals surface area (Å²) in [4.78, 5) is 18.7. The molecule has 2 unspecified atom stereocenters. The Kier molecular flexibility index (Phi) is 5.53. The molecule has 0 saturated carbocycles. The maximum atomic E-state index is 12.3. The summed E-state index contributed by atoms with van der Waals surface area (Å²) in [5.41, 5.74) is 3.40. The monoisotopic (exact) mass is 338 g/mol. The summed E-state index contributed by atoms with van der Waals surface area (Å²) < 4.78 is 0. The van der Waals surface area contributed by atoms with Crippen molar-refractivity contribution in [2.75, 3.05) is 18.0 Å². The van der Waals surface area contributed by atoms with Gasteiger partial charge in [-0.25, -0.2) is 4.79 Å². The Morgan fingerprint density at radius 2 is 1.64 bits per heavy atom. The molecule has 2 heterocycles. The fourth-order valence-electron chi connectivity index (χ4n) is 3.22. The van der Waals surface area contributed by atoms with Crippen LogP contribution in [-0.2, 0) is 0 Å². The minimum atomic E-state index is -0.164. The van der Waals surface area contributed by atoms with Gasteiger partial charge in [-0.15, -0.1) is 0 Å². The summed E-state index contributed by atoms with van der Waals surface area (Å²) in [6.07, 6.45) is 5.98. The molecular weight excluding hydrogens is 312 g/mol. The van der Waals surface area contributed by atoms with E-state index in [2.05, 4.69) is 44.8 Å². The molecule has 2 N–H and O–H groups in total. The third-order valence-electron chi connectivity index (χ3n) is 4.74. The summed E-state index contributed by atoms with van der Waals surface area (Å²) in [6.45, 7) is 6.22. The molecular formula is C20H26N4O. The van der Waals surface area contributed by atoms with Crippen LogP contribution in [0.5, 0.6) is 0 Å². The van der Waals surface area contributed by atoms with Crippen LogP contribution in [0.15, 0.2) is 48.8 Å². The first-order valence-electron chi connectivity index (χ1n) is 8.95. The van der Waals surface area contributed by atoms with Crippen LogP contribution < -0.4 is 15.5 Å². The summed E-state index contributed by atoms with van der Waals surface area (Å²) >= 11 is 0. The Bertz CT molecular complexity index is 698. The summed E-state index contributed by atoms with van der Waals surface area (Å²) in [7, 11) is 0. The lowest BCUT2D eigenvalue weighted by molar-refractivity contribution is 0.235. The number of nitrogens with one attached hydrogen (secondary N) is 2. The second kappa shape index (κ2) is 8.01. The van der Waals surface area contributed by atoms with Crippen molar-refractivity contribution < 1.29 is 4.79 Å². The molecule has 132 valence electrons. The van der Waals surface area contributed by atoms with E-state index in [-0.39, 0.29) is 18.1 Å². The lowest BCUT2D eigenvalue weighted by Crippen LogP contribution is -2.38. The van der Waals surface area contributed by atoms with Crippen molar-refractivity contribution in [1.82, 2.24) is 15.6 Å². The highest BCUT2D eigenvalue weighted by molar-refractivity contribution is 5.75. The maximum Gasteiger partial charge on any atom is 0.315 e. The number of aromatic nitrogens is 1. The first-order valence-corrected chi connectivity index (χ1v) is 8.95. The molecule has 5 heteroatoms. The normalized spacial score (nSPS) is 16.3. The minimum Gasteiger partial charge on any atom is -0.372 e. The van der Waals surface area contributed by atoms with Crippen molar-refractivity contribution in [2.45, 2.75) is 38.8 Å². The van der Waals surface area contributed by atoms with Crippen molar-refractivity contribution in [1.29, 1.82) is 0 Å². The molecule has 0 aliphatic carbocycles. The lowest BCUT2D eigenvalue weighted by Gasteiger charge is -2.22. The number of nitrogens with zero attached hydrogens (tertiary/aromatic N) is 2. The first-order chi connectivity index (χ1) is 12.1. The average Bonchev–Trinajstić information content (AvgIpc) is 3.17. The van der Waals surface area contributed by atoms with Gasteiger partial charge in [-0.2, -0.15) is 0 Å². The first kappa shape index (κ1) is 17.3. The number of rotatable bonds is 5. The molecule has 0 radical (unpaired) electrons. The molecule has 1 fully saturated rings. The van der Waals surface area contributed by atoms with Crippen LogP contribution in [0.3, 0.4) is 0 Å². The van der Waals surface area contributed by atoms with Crippen LogP contribution in [0.25, 0.3) is 0 Å². The van der Waals surface area contributed by atoms with E-state index in [1.807, 2.05) is 26.0 Å². The van der Waals surface area contributed by atoms with Gasteiger partial charge < -0.3 is 15.5 Å². The highest BCUT2D eigenvalue weighted by atomic mass is 16.2. The second-order valence-corrected chi connectivity index (χ2v) is 6.63. The van der Waals surface area contributed by atoms with Gasteiger partial charge in [0, 0.05) is 31.2 Å². The largest absolute Gasteiger partial charge is 0.372 e. The van der Waals surface area contributed by atoms with Crippen LogP contribution >= 0.6 is 0 Å². The molecule has 1 aliphatic heterocycles. The Morgan fingerprint density at radius 3 is 2.32 bits per heavy atom. The molecule has 1 aromatic heterocycles. The molecule has 3 rings (SSSR count). The Balaban J connectivity index is 1.59. The van der Waals surface area contributed by atoms with Gasteiger partial charge in [0.05, 0.1) is 12.1 Å². The zero-order valence-electron chi connectivity index (χ0n) is 14.9. The summed E-state index contributed by atoms with van der Waals surface area (Å²) in [5.74, 6) is 0. The third kappa shape index (κ3) is 4.50. The van der Waals surface area contributed by atoms with Gasteiger partial charge in [0.1, 0.15) is 0 Å². The van der Waals surface area contributed by atoms with Gasteiger partial charge in [-0.05, 0) is 62.1 Å². The molecule has 2 amide bonds. The zero-order valence-corrected chi connectivity index (χ0v) is 14.9. The highest BCUT2D eigenvalue weighted by Gasteiger charge is 2.16. The molecule has 2 atom stereocenters. The van der Waals surface area contributed by atoms with E-state index < -0.39 is 0 Å². The van der Waals surface area contributed by atoms with Gasteiger partial charge in [0.25, 0.3) is 0 Å². The molecule has 1 aliphatic rings. The van der Waals surface area contributed by atoms with Crippen LogP contribution in [0.4, 0.5) is 10.5 Å². The fourth-order valence-corrected chi connectivity index (χ4v) is 3.22. The van der Waals surface area contributed by atoms with E-state index in [0.29, 0.717) is 0 Å². The molecule has 1 saturated heterocycles. The van der Waals surface area contributed by atoms with E-state index in [1.54, 1.807) is 12.4 Å². The smallest absolute Gasteiger partial charge is 0.315 e. The van der Waals surface area contributed by atoms with Crippen LogP contribution in [-0.4, -0.2) is 24.1 Å². The third-order valence-corrected chi connectivity index (χ3v) is 4.74. The molecule has 5 nitrogen and oxygen atoms in total. The SMILES string of the molecule is CC(NC(=O)NC(C)c1cccc(N2CCCC2)c1)c1ccncc1. The average molecular weight is 338 g/mol. The predicted octanol–water partition coefficient (Wildman–Crippen LogP) is 3.80. The summed E-state index contributed by atoms with van der Waals surface area (Å²) in [5, 5.41) is 6.01. The van der Waals surface area contributed by atoms with Gasteiger partial charge >= 0.3 is 6.03 Å². The van der Waals surface area contributed by atoms with Gasteiger partial charge in [0.15, 0.2) is 0 Å². The predicted molar refractivity (Wildman–Crippen MR) is 101 cm³/mol. The Labute approximate surface area is 149 Å². The molecule has 25 heavy (non-hydrogen) atoms. The van der Waals surface area contributed by atoms with E-state index in [4.69, 9.17) is 0 Å². The van der Waals surface area contributed by atoms with Gasteiger partial charge in [-0.1, -0.05) is 12.1 Å².